The van der Waals surface area contributed by atoms with Gasteiger partial charge in [-0.2, -0.15) is 0 Å². The van der Waals surface area contributed by atoms with Gasteiger partial charge in [0, 0.05) is 5.03 Å². The van der Waals surface area contributed by atoms with E-state index in [4.69, 9.17) is 21.8 Å². The molecule has 56 valence electrons. The van der Waals surface area contributed by atoms with E-state index in [1.54, 1.807) is 0 Å². The van der Waals surface area contributed by atoms with Crippen LogP contribution in [-0.2, 0) is 9.59 Å². The van der Waals surface area contributed by atoms with Crippen molar-refractivity contribution in [1.29, 1.82) is 0 Å². The van der Waals surface area contributed by atoms with Gasteiger partial charge in [0.15, 0.2) is 5.57 Å². The van der Waals surface area contributed by atoms with Crippen LogP contribution in [0, 0.1) is 0 Å². The number of halogens is 1. The summed E-state index contributed by atoms with van der Waals surface area (Å²) >= 11 is 5.15. The predicted molar refractivity (Wildman–Crippen MR) is 33.8 cm³/mol. The second kappa shape index (κ2) is 3.22. The summed E-state index contributed by atoms with van der Waals surface area (Å²) in [4.78, 5) is 20.1. The molecule has 0 aromatic carbocycles. The molecule has 2 N–H and O–H groups in total. The molecule has 0 atom stereocenters. The van der Waals surface area contributed by atoms with Gasteiger partial charge in [0.2, 0.25) is 0 Å². The Morgan fingerprint density at radius 3 is 1.50 bits per heavy atom. The monoisotopic (exact) mass is 164 g/mol. The molecule has 0 amide bonds. The maximum Gasteiger partial charge on any atom is 0.344 e. The maximum absolute atomic E-state index is 10.1. The number of carboxylic acids is 2. The van der Waals surface area contributed by atoms with Crippen molar-refractivity contribution >= 4 is 23.5 Å². The van der Waals surface area contributed by atoms with Crippen LogP contribution >= 0.6 is 11.6 Å². The zero-order chi connectivity index (χ0) is 8.31. The van der Waals surface area contributed by atoms with Crippen LogP contribution in [0.5, 0.6) is 0 Å². The molecule has 0 aromatic heterocycles. The molecule has 0 radical (unpaired) electrons. The second-order valence-corrected chi connectivity index (χ2v) is 2.09. The topological polar surface area (TPSA) is 74.6 Å². The molecule has 5 heteroatoms. The Bertz CT molecular complexity index is 186. The molecule has 10 heavy (non-hydrogen) atoms. The van der Waals surface area contributed by atoms with Crippen molar-refractivity contribution in [1.82, 2.24) is 0 Å². The van der Waals surface area contributed by atoms with Crippen molar-refractivity contribution in [3.8, 4) is 0 Å². The molecule has 0 aliphatic rings. The molecule has 0 bridgehead atoms. The van der Waals surface area contributed by atoms with Crippen molar-refractivity contribution in [2.45, 2.75) is 6.92 Å². The molecular formula is C5H5ClO4. The van der Waals surface area contributed by atoms with Crippen molar-refractivity contribution in [2.75, 3.05) is 0 Å². The van der Waals surface area contributed by atoms with E-state index in [0.717, 1.165) is 0 Å². The van der Waals surface area contributed by atoms with E-state index in [1.165, 1.54) is 6.92 Å². The summed E-state index contributed by atoms with van der Waals surface area (Å²) in [5.41, 5.74) is -0.790. The third-order valence-corrected chi connectivity index (χ3v) is 0.961. The Balaban J connectivity index is 4.79. The summed E-state index contributed by atoms with van der Waals surface area (Å²) < 4.78 is 0. The summed E-state index contributed by atoms with van der Waals surface area (Å²) in [5, 5.41) is 16.1. The summed E-state index contributed by atoms with van der Waals surface area (Å²) in [6.45, 7) is 1.21. The minimum Gasteiger partial charge on any atom is -0.477 e. The lowest BCUT2D eigenvalue weighted by molar-refractivity contribution is -0.140. The summed E-state index contributed by atoms with van der Waals surface area (Å²) in [7, 11) is 0. The van der Waals surface area contributed by atoms with E-state index in [0.29, 0.717) is 0 Å². The molecule has 0 heterocycles. The van der Waals surface area contributed by atoms with Crippen LogP contribution < -0.4 is 0 Å². The Morgan fingerprint density at radius 1 is 1.20 bits per heavy atom. The molecule has 0 saturated heterocycles. The Kier molecular flexibility index (Phi) is 2.89. The lowest BCUT2D eigenvalue weighted by Crippen LogP contribution is -2.11. The average Bonchev–Trinajstić information content (AvgIpc) is 1.59. The molecule has 0 fully saturated rings. The van der Waals surface area contributed by atoms with Crippen LogP contribution in [0.15, 0.2) is 10.6 Å². The molecule has 0 spiro atoms. The third kappa shape index (κ3) is 2.06. The van der Waals surface area contributed by atoms with Crippen LogP contribution in [0.4, 0.5) is 0 Å². The Labute approximate surface area is 61.7 Å². The minimum atomic E-state index is -1.53. The number of rotatable bonds is 2. The number of carboxylic acid groups (broad SMARTS) is 2. The van der Waals surface area contributed by atoms with Crippen LogP contribution in [0.2, 0.25) is 0 Å². The fraction of sp³-hybridized carbons (Fsp3) is 0.200. The van der Waals surface area contributed by atoms with Gasteiger partial charge >= 0.3 is 11.9 Å². The first-order valence-electron chi connectivity index (χ1n) is 2.29. The molecular weight excluding hydrogens is 160 g/mol. The average molecular weight is 165 g/mol. The van der Waals surface area contributed by atoms with Crippen molar-refractivity contribution in [3.63, 3.8) is 0 Å². The summed E-state index contributed by atoms with van der Waals surface area (Å²) in [6, 6.07) is 0. The highest BCUT2D eigenvalue weighted by molar-refractivity contribution is 6.34. The number of hydrogen-bond donors (Lipinski definition) is 2. The minimum absolute atomic E-state index is 0.236. The smallest absolute Gasteiger partial charge is 0.344 e. The summed E-state index contributed by atoms with van der Waals surface area (Å²) in [6.07, 6.45) is 0. The van der Waals surface area contributed by atoms with E-state index >= 15 is 0 Å². The van der Waals surface area contributed by atoms with E-state index in [-0.39, 0.29) is 5.03 Å². The van der Waals surface area contributed by atoms with Gasteiger partial charge in [-0.05, 0) is 6.92 Å². The van der Waals surface area contributed by atoms with Gasteiger partial charge in [0.05, 0.1) is 0 Å². The first-order chi connectivity index (χ1) is 4.46. The molecule has 0 rings (SSSR count). The van der Waals surface area contributed by atoms with Crippen LogP contribution in [-0.4, -0.2) is 22.2 Å². The molecule has 4 nitrogen and oxygen atoms in total. The van der Waals surface area contributed by atoms with Gasteiger partial charge in [-0.3, -0.25) is 0 Å². The van der Waals surface area contributed by atoms with E-state index in [9.17, 15) is 9.59 Å². The second-order valence-electron chi connectivity index (χ2n) is 1.52. The molecule has 0 aliphatic carbocycles. The number of hydrogen-bond acceptors (Lipinski definition) is 2. The molecule has 0 unspecified atom stereocenters. The highest BCUT2D eigenvalue weighted by Crippen LogP contribution is 2.08. The lowest BCUT2D eigenvalue weighted by Gasteiger charge is -1.93. The van der Waals surface area contributed by atoms with Crippen molar-refractivity contribution in [2.24, 2.45) is 0 Å². The first-order valence-corrected chi connectivity index (χ1v) is 2.67. The van der Waals surface area contributed by atoms with Crippen molar-refractivity contribution < 1.29 is 19.8 Å². The van der Waals surface area contributed by atoms with Crippen molar-refractivity contribution in [3.05, 3.63) is 10.6 Å². The van der Waals surface area contributed by atoms with Gasteiger partial charge in [-0.1, -0.05) is 11.6 Å². The van der Waals surface area contributed by atoms with E-state index in [2.05, 4.69) is 0 Å². The predicted octanol–water partition coefficient (Wildman–Crippen LogP) is 0.668. The number of aliphatic carboxylic acids is 2. The first kappa shape index (κ1) is 8.97. The highest BCUT2D eigenvalue weighted by Gasteiger charge is 2.18. The van der Waals surface area contributed by atoms with Crippen LogP contribution in [0.3, 0.4) is 0 Å². The van der Waals surface area contributed by atoms with Gasteiger partial charge < -0.3 is 10.2 Å². The quantitative estimate of drug-likeness (QED) is 0.357. The lowest BCUT2D eigenvalue weighted by atomic mass is 10.2. The van der Waals surface area contributed by atoms with Gasteiger partial charge in [-0.25, -0.2) is 9.59 Å². The molecule has 0 saturated carbocycles. The van der Waals surface area contributed by atoms with Gasteiger partial charge in [0.1, 0.15) is 0 Å². The Morgan fingerprint density at radius 2 is 1.50 bits per heavy atom. The third-order valence-electron chi connectivity index (χ3n) is 0.772. The zero-order valence-corrected chi connectivity index (χ0v) is 5.84. The fourth-order valence-corrected chi connectivity index (χ4v) is 0.548. The zero-order valence-electron chi connectivity index (χ0n) is 5.09. The summed E-state index contributed by atoms with van der Waals surface area (Å²) in [5.74, 6) is -3.06. The van der Waals surface area contributed by atoms with Crippen LogP contribution in [0.1, 0.15) is 6.92 Å². The Hall–Kier alpha value is -1.03. The maximum atomic E-state index is 10.1. The SMILES string of the molecule is CC(Cl)=C(C(=O)O)C(=O)O. The van der Waals surface area contributed by atoms with E-state index in [1.807, 2.05) is 0 Å². The van der Waals surface area contributed by atoms with Crippen LogP contribution in [0.25, 0.3) is 0 Å². The normalized spacial score (nSPS) is 8.60. The van der Waals surface area contributed by atoms with Gasteiger partial charge in [-0.15, -0.1) is 0 Å². The highest BCUT2D eigenvalue weighted by atomic mass is 35.5. The van der Waals surface area contributed by atoms with E-state index < -0.39 is 17.5 Å². The fourth-order valence-electron chi connectivity index (χ4n) is 0.386. The molecule has 0 aliphatic heterocycles. The van der Waals surface area contributed by atoms with Gasteiger partial charge in [0.25, 0.3) is 0 Å². The standard InChI is InChI=1S/C5H5ClO4/c1-2(6)3(4(7)8)5(9)10/h1H3,(H,7,8)(H,9,10). The number of allylic oxidation sites excluding steroid dienone is 1. The number of carbonyl (C=O) groups is 2. The largest absolute Gasteiger partial charge is 0.477 e. The molecule has 0 aromatic rings.